The van der Waals surface area contributed by atoms with E-state index in [1.54, 1.807) is 20.8 Å². The SMILES string of the molecule is C=CCNC(=O)C(=O)C(CCC)NC(=O)[C@@H]1[C@@H]2[C@H](CN1C(=O)[C@@H](NC(=O)N[C@H](CN1CCN(C(C)=O)S1(=O)=O)C(C)(C)C)C(C)(C)C)C2(C)C. The summed E-state index contributed by atoms with van der Waals surface area (Å²) < 4.78 is 27.9. The van der Waals surface area contributed by atoms with Crippen LogP contribution in [-0.4, -0.2) is 114 Å². The van der Waals surface area contributed by atoms with Crippen molar-refractivity contribution in [3.8, 4) is 0 Å². The first kappa shape index (κ1) is 40.9. The summed E-state index contributed by atoms with van der Waals surface area (Å²) in [6.45, 7) is 21.9. The van der Waals surface area contributed by atoms with Crippen molar-refractivity contribution in [3.05, 3.63) is 12.7 Å². The number of carbonyl (C=O) groups is 6. The molecule has 2 aliphatic heterocycles. The second-order valence-electron chi connectivity index (χ2n) is 16.4. The lowest BCUT2D eigenvalue weighted by atomic mass is 9.85. The van der Waals surface area contributed by atoms with E-state index in [0.717, 1.165) is 8.61 Å². The van der Waals surface area contributed by atoms with Gasteiger partial charge in [-0.05, 0) is 34.5 Å². The van der Waals surface area contributed by atoms with Gasteiger partial charge in [0.15, 0.2) is 0 Å². The maximum atomic E-state index is 14.4. The Morgan fingerprint density at radius 3 is 2.08 bits per heavy atom. The number of ketones is 1. The molecular weight excluding hydrogens is 666 g/mol. The van der Waals surface area contributed by atoms with Gasteiger partial charge in [0.05, 0.1) is 12.6 Å². The maximum absolute atomic E-state index is 14.4. The van der Waals surface area contributed by atoms with Gasteiger partial charge < -0.3 is 26.2 Å². The van der Waals surface area contributed by atoms with Crippen LogP contribution >= 0.6 is 0 Å². The number of amides is 6. The van der Waals surface area contributed by atoms with Gasteiger partial charge in [0.25, 0.3) is 5.91 Å². The van der Waals surface area contributed by atoms with Gasteiger partial charge in [-0.3, -0.25) is 24.0 Å². The summed E-state index contributed by atoms with van der Waals surface area (Å²) in [5.74, 6) is -3.36. The molecule has 3 rings (SSSR count). The molecule has 50 heavy (non-hydrogen) atoms. The van der Waals surface area contributed by atoms with Crippen LogP contribution in [0, 0.1) is 28.1 Å². The van der Waals surface area contributed by atoms with Crippen LogP contribution < -0.4 is 21.3 Å². The molecule has 2 saturated heterocycles. The van der Waals surface area contributed by atoms with Gasteiger partial charge in [-0.1, -0.05) is 74.8 Å². The normalized spacial score (nSPS) is 24.3. The molecule has 3 aliphatic rings. The van der Waals surface area contributed by atoms with Gasteiger partial charge in [-0.15, -0.1) is 6.58 Å². The Labute approximate surface area is 296 Å². The first-order chi connectivity index (χ1) is 22.9. The lowest BCUT2D eigenvalue weighted by Crippen LogP contribution is -2.62. The summed E-state index contributed by atoms with van der Waals surface area (Å²) in [4.78, 5) is 80.8. The minimum atomic E-state index is -4.04. The first-order valence-corrected chi connectivity index (χ1v) is 18.7. The molecule has 0 aromatic rings. The van der Waals surface area contributed by atoms with E-state index in [-0.39, 0.29) is 56.4 Å². The van der Waals surface area contributed by atoms with Gasteiger partial charge in [-0.25, -0.2) is 9.10 Å². The highest BCUT2D eigenvalue weighted by Gasteiger charge is 2.70. The van der Waals surface area contributed by atoms with Crippen LogP contribution in [0.2, 0.25) is 0 Å². The highest BCUT2D eigenvalue weighted by atomic mass is 32.2. The molecule has 282 valence electrons. The molecule has 15 nitrogen and oxygen atoms in total. The second-order valence-corrected chi connectivity index (χ2v) is 18.2. The number of fused-ring (bicyclic) bond motifs is 1. The van der Waals surface area contributed by atoms with Crippen molar-refractivity contribution >= 4 is 45.7 Å². The number of carbonyl (C=O) groups excluding carboxylic acids is 6. The van der Waals surface area contributed by atoms with Crippen molar-refractivity contribution in [3.63, 3.8) is 0 Å². The standard InChI is InChI=1S/C34H57N7O8S/c1-12-14-22(26(43)29(45)35-15-13-2)36-28(44)25-24-21(34(24,10)11)18-40(25)30(46)27(33(7,8)9)38-31(47)37-23(32(4,5)6)19-39-16-17-41(20(3)42)50(39,48)49/h13,21-25,27H,2,12,14-19H2,1,3-11H3,(H,35,45)(H,36,44)(H2,37,38,47)/t21-,22?,23+,24-,25-,27+/m0/s1. The van der Waals surface area contributed by atoms with E-state index in [9.17, 15) is 37.2 Å². The van der Waals surface area contributed by atoms with E-state index in [1.165, 1.54) is 17.9 Å². The van der Waals surface area contributed by atoms with E-state index in [2.05, 4.69) is 27.8 Å². The van der Waals surface area contributed by atoms with Crippen LogP contribution in [0.25, 0.3) is 0 Å². The molecule has 2 heterocycles. The van der Waals surface area contributed by atoms with E-state index >= 15 is 0 Å². The molecule has 3 fully saturated rings. The first-order valence-electron chi connectivity index (χ1n) is 17.3. The van der Waals surface area contributed by atoms with Crippen molar-refractivity contribution in [2.24, 2.45) is 28.1 Å². The molecule has 0 bridgehead atoms. The Kier molecular flexibility index (Phi) is 12.3. The van der Waals surface area contributed by atoms with Crippen LogP contribution in [0.5, 0.6) is 0 Å². The summed E-state index contributed by atoms with van der Waals surface area (Å²) in [7, 11) is -4.04. The summed E-state index contributed by atoms with van der Waals surface area (Å²) in [6.07, 6.45) is 2.20. The van der Waals surface area contributed by atoms with Crippen LogP contribution in [-0.2, 0) is 34.2 Å². The molecular formula is C34H57N7O8S. The quantitative estimate of drug-likeness (QED) is 0.161. The Hall–Kier alpha value is -3.53. The third kappa shape index (κ3) is 8.67. The lowest BCUT2D eigenvalue weighted by molar-refractivity contribution is -0.145. The monoisotopic (exact) mass is 723 g/mol. The fourth-order valence-corrected chi connectivity index (χ4v) is 8.57. The van der Waals surface area contributed by atoms with Crippen molar-refractivity contribution in [1.82, 2.24) is 34.8 Å². The second kappa shape index (κ2) is 15.0. The van der Waals surface area contributed by atoms with Gasteiger partial charge in [0, 0.05) is 39.1 Å². The average Bonchev–Trinajstić information content (AvgIpc) is 3.27. The number of hydrogen-bond donors (Lipinski definition) is 4. The Bertz CT molecular complexity index is 1480. The molecule has 0 aromatic carbocycles. The molecule has 16 heteroatoms. The number of hydrogen-bond acceptors (Lipinski definition) is 8. The number of Topliss-reactive ketones (excluding diaryl/α,β-unsaturated/α-hetero) is 1. The van der Waals surface area contributed by atoms with Gasteiger partial charge in [-0.2, -0.15) is 12.7 Å². The van der Waals surface area contributed by atoms with Gasteiger partial charge in [0.1, 0.15) is 12.1 Å². The number of urea groups is 1. The highest BCUT2D eigenvalue weighted by molar-refractivity contribution is 7.87. The molecule has 0 radical (unpaired) electrons. The number of rotatable bonds is 13. The third-order valence-electron chi connectivity index (χ3n) is 10.2. The Balaban J connectivity index is 1.83. The van der Waals surface area contributed by atoms with Crippen LogP contribution in [0.4, 0.5) is 4.79 Å². The fourth-order valence-electron chi connectivity index (χ4n) is 7.00. The van der Waals surface area contributed by atoms with E-state index in [0.29, 0.717) is 6.42 Å². The number of nitrogens with one attached hydrogen (secondary N) is 4. The molecule has 6 atom stereocenters. The zero-order valence-corrected chi connectivity index (χ0v) is 32.0. The zero-order valence-electron chi connectivity index (χ0n) is 31.2. The molecule has 4 N–H and O–H groups in total. The number of likely N-dealkylation sites (tertiary alicyclic amines) is 1. The summed E-state index contributed by atoms with van der Waals surface area (Å²) >= 11 is 0. The molecule has 6 amide bonds. The van der Waals surface area contributed by atoms with Crippen LogP contribution in [0.1, 0.15) is 82.1 Å². The largest absolute Gasteiger partial charge is 0.346 e. The van der Waals surface area contributed by atoms with E-state index in [4.69, 9.17) is 0 Å². The van der Waals surface area contributed by atoms with Crippen molar-refractivity contribution in [1.29, 1.82) is 0 Å². The number of nitrogens with zero attached hydrogens (tertiary/aromatic N) is 3. The molecule has 1 saturated carbocycles. The Morgan fingerprint density at radius 1 is 0.960 bits per heavy atom. The van der Waals surface area contributed by atoms with Gasteiger partial charge in [0.2, 0.25) is 23.5 Å². The van der Waals surface area contributed by atoms with E-state index < -0.39 is 80.6 Å². The van der Waals surface area contributed by atoms with Crippen LogP contribution in [0.3, 0.4) is 0 Å². The Morgan fingerprint density at radius 2 is 1.58 bits per heavy atom. The predicted molar refractivity (Wildman–Crippen MR) is 187 cm³/mol. The smallest absolute Gasteiger partial charge is 0.315 e. The molecule has 0 aromatic heterocycles. The molecule has 1 unspecified atom stereocenters. The maximum Gasteiger partial charge on any atom is 0.315 e. The average molecular weight is 724 g/mol. The molecule has 0 spiro atoms. The van der Waals surface area contributed by atoms with Crippen molar-refractivity contribution in [2.45, 2.75) is 106 Å². The minimum absolute atomic E-state index is 0.0144. The van der Waals surface area contributed by atoms with Gasteiger partial charge >= 0.3 is 16.2 Å². The minimum Gasteiger partial charge on any atom is -0.346 e. The zero-order chi connectivity index (χ0) is 38.1. The summed E-state index contributed by atoms with van der Waals surface area (Å²) in [5.41, 5.74) is -1.66. The lowest BCUT2D eigenvalue weighted by Gasteiger charge is -2.39. The molecule has 1 aliphatic carbocycles. The summed E-state index contributed by atoms with van der Waals surface area (Å²) in [6, 6.07) is -4.47. The topological polar surface area (TPSA) is 194 Å². The predicted octanol–water partition coefficient (Wildman–Crippen LogP) is 1.16. The summed E-state index contributed by atoms with van der Waals surface area (Å²) in [5, 5.41) is 10.9. The van der Waals surface area contributed by atoms with Crippen molar-refractivity contribution < 1.29 is 37.2 Å². The van der Waals surface area contributed by atoms with E-state index in [1.807, 2.05) is 41.5 Å². The fraction of sp³-hybridized carbons (Fsp3) is 0.765. The highest BCUT2D eigenvalue weighted by Crippen LogP contribution is 2.65. The number of piperidine rings is 1. The third-order valence-corrected chi connectivity index (χ3v) is 12.2. The van der Waals surface area contributed by atoms with Crippen molar-refractivity contribution in [2.75, 3.05) is 32.7 Å². The van der Waals surface area contributed by atoms with Crippen LogP contribution in [0.15, 0.2) is 12.7 Å².